The van der Waals surface area contributed by atoms with Gasteiger partial charge in [0.15, 0.2) is 0 Å². The van der Waals surface area contributed by atoms with Crippen molar-refractivity contribution in [2.75, 3.05) is 9.80 Å². The predicted octanol–water partition coefficient (Wildman–Crippen LogP) is 33.8. The Morgan fingerprint density at radius 3 is 0.993 bits per heavy atom. The lowest BCUT2D eigenvalue weighted by Crippen LogP contribution is -2.29. The van der Waals surface area contributed by atoms with Crippen molar-refractivity contribution in [2.24, 2.45) is 0 Å². The third-order valence-electron chi connectivity index (χ3n) is 28.9. The topological polar surface area (TPSA) is 51.2 Å². The number of rotatable bonds is 18. The summed E-state index contributed by atoms with van der Waals surface area (Å²) in [6.07, 6.45) is 9.86. The Bertz CT molecular complexity index is 8420. The Kier molecular flexibility index (Phi) is 18.1. The van der Waals surface area contributed by atoms with Gasteiger partial charge in [-0.15, -0.1) is 0 Å². The molecule has 0 amide bonds. The van der Waals surface area contributed by atoms with Crippen LogP contribution in [0.2, 0.25) is 0 Å². The molecule has 2 aromatic heterocycles. The number of fused-ring (bicyclic) bond motifs is 22. The molecule has 2 heterocycles. The van der Waals surface area contributed by atoms with Gasteiger partial charge in [-0.2, -0.15) is 0 Å². The summed E-state index contributed by atoms with van der Waals surface area (Å²) < 4.78 is 57.6. The fourth-order valence-corrected chi connectivity index (χ4v) is 22.9. The number of hydrogen-bond donors (Lipinski definition) is 0. The monoisotopic (exact) mass is 1740 g/mol. The standard InChI is InChI=1S/C127H82F2N2O4/c1-3-79-29-59-97(60-30-79)132-99-63-43-87(44-64-99)125(85-39-47-89(128)48-40-85)113-23-11-5-17-101(113)105-67-55-93(75-117(105)125)130(91-51-33-81(34-52-91)83-37-71-123-111(73-83)109-21-9-15-27-121(109)134-123)95-57-69-107-103-19-7-13-25-115(103)127(119(107)77-95)116-26-14-8-20-104(116)108-70-58-96(78-120(108)127)131(92-53-35-82(36-54-92)84-38-72-124-112(74-84)110-22-10-16-28-122(110)135-124)94-56-68-106-102-18-6-12-24-114(102)126(118(106)76-94,86-41-49-90(129)50-42-86)88-45-65-100(66-46-88)133-98-61-31-80(4-2)32-62-98/h3-9,11-21,23-78H,1-2,10,22H2. The van der Waals surface area contributed by atoms with E-state index in [0.29, 0.717) is 23.0 Å². The molecule has 0 bridgehead atoms. The number of anilines is 6. The van der Waals surface area contributed by atoms with Gasteiger partial charge in [0.05, 0.1) is 16.2 Å². The molecule has 19 aromatic carbocycles. The second-order valence-corrected chi connectivity index (χ2v) is 35.8. The average molecular weight is 1740 g/mol. The SMILES string of the molecule is C=Cc1ccc(Oc2ccc(C3(c4ccc(F)cc4)c4ccccc4-c4ccc(N(c5ccc(-c6ccc7oc8c(c7c6)CCC=C8)cc5)c5ccc6c(c5)C5(c7ccccc7-6)c6ccccc6-c6ccc(N(c7ccc(-c8ccc9oc%10ccccc%10c9c8)cc7)c7ccc8c(c7)C(c7ccc(F)cc7)(c7ccc(Oc9ccc(C=C)cc9)cc7)c7ccccc7-8)cc65)cc43)cc2)cc1. The molecule has 3 atom stereocenters. The van der Waals surface area contributed by atoms with Gasteiger partial charge in [-0.1, -0.05) is 280 Å². The predicted molar refractivity (Wildman–Crippen MR) is 545 cm³/mol. The highest BCUT2D eigenvalue weighted by Gasteiger charge is 2.54. The first-order chi connectivity index (χ1) is 66.5. The highest BCUT2D eigenvalue weighted by atomic mass is 19.1. The van der Waals surface area contributed by atoms with Gasteiger partial charge in [-0.3, -0.25) is 0 Å². The van der Waals surface area contributed by atoms with E-state index in [1.807, 2.05) is 109 Å². The molecule has 1 spiro atoms. The van der Waals surface area contributed by atoms with Crippen molar-refractivity contribution in [3.63, 3.8) is 0 Å². The van der Waals surface area contributed by atoms with E-state index < -0.39 is 16.2 Å². The van der Waals surface area contributed by atoms with Crippen LogP contribution in [0.4, 0.5) is 42.9 Å². The van der Waals surface area contributed by atoms with E-state index in [9.17, 15) is 0 Å². The van der Waals surface area contributed by atoms with E-state index in [-0.39, 0.29) is 11.6 Å². The van der Waals surface area contributed by atoms with Crippen LogP contribution in [0.1, 0.15) is 95.6 Å². The van der Waals surface area contributed by atoms with Gasteiger partial charge in [0.25, 0.3) is 0 Å². The highest BCUT2D eigenvalue weighted by molar-refractivity contribution is 6.07. The quantitative estimate of drug-likeness (QED) is 0.0853. The first kappa shape index (κ1) is 78.8. The third-order valence-corrected chi connectivity index (χ3v) is 28.9. The molecule has 0 fully saturated rings. The molecule has 5 aliphatic carbocycles. The molecule has 3 unspecified atom stereocenters. The summed E-state index contributed by atoms with van der Waals surface area (Å²) in [6.45, 7) is 7.95. The second-order valence-electron chi connectivity index (χ2n) is 35.8. The molecule has 26 rings (SSSR count). The molecular weight excluding hydrogens is 1660 g/mol. The third kappa shape index (κ3) is 12.2. The van der Waals surface area contributed by atoms with E-state index in [4.69, 9.17) is 18.3 Å². The smallest absolute Gasteiger partial charge is 0.135 e. The number of furan rings is 2. The Balaban J connectivity index is 0.671. The van der Waals surface area contributed by atoms with E-state index in [2.05, 4.69) is 338 Å². The molecule has 0 aliphatic heterocycles. The molecule has 5 aliphatic rings. The fourth-order valence-electron chi connectivity index (χ4n) is 22.9. The van der Waals surface area contributed by atoms with Crippen molar-refractivity contribution < 1.29 is 27.1 Å². The molecule has 21 aromatic rings. The number of ether oxygens (including phenoxy) is 2. The maximum absolute atomic E-state index is 15.8. The number of nitrogens with zero attached hydrogens (tertiary/aromatic N) is 2. The van der Waals surface area contributed by atoms with Crippen LogP contribution in [0.15, 0.2) is 453 Å². The molecular formula is C127H82F2N2O4. The van der Waals surface area contributed by atoms with Gasteiger partial charge in [-0.05, 0) is 339 Å². The fraction of sp³-hybridized carbons (Fsp3) is 0.0394. The first-order valence-electron chi connectivity index (χ1n) is 46.0. The zero-order chi connectivity index (χ0) is 89.8. The van der Waals surface area contributed by atoms with Crippen LogP contribution in [-0.4, -0.2) is 0 Å². The van der Waals surface area contributed by atoms with Crippen LogP contribution in [-0.2, 0) is 22.7 Å². The molecule has 0 saturated heterocycles. The Labute approximate surface area is 780 Å². The molecule has 6 nitrogen and oxygen atoms in total. The van der Waals surface area contributed by atoms with E-state index in [1.165, 1.54) is 16.7 Å². The maximum atomic E-state index is 15.8. The van der Waals surface area contributed by atoms with Crippen LogP contribution in [0.5, 0.6) is 23.0 Å². The van der Waals surface area contributed by atoms with Crippen LogP contribution in [0.25, 0.3) is 118 Å². The van der Waals surface area contributed by atoms with Gasteiger partial charge in [0.1, 0.15) is 57.1 Å². The number of allylic oxidation sites excluding steroid dienone is 1. The lowest BCUT2D eigenvalue weighted by atomic mass is 9.67. The van der Waals surface area contributed by atoms with Crippen molar-refractivity contribution in [3.8, 4) is 89.8 Å². The van der Waals surface area contributed by atoms with E-state index in [1.54, 1.807) is 24.3 Å². The molecule has 8 heteroatoms. The number of benzene rings is 19. The van der Waals surface area contributed by atoms with Crippen molar-refractivity contribution in [1.29, 1.82) is 0 Å². The molecule has 0 radical (unpaired) electrons. The lowest BCUT2D eigenvalue weighted by Gasteiger charge is -2.36. The minimum atomic E-state index is -0.953. The second kappa shape index (κ2) is 31.0. The average Bonchev–Trinajstić information content (AvgIpc) is 1.50. The minimum Gasteiger partial charge on any atom is -0.457 e. The van der Waals surface area contributed by atoms with Crippen LogP contribution in [0.3, 0.4) is 0 Å². The zero-order valence-electron chi connectivity index (χ0n) is 73.3. The summed E-state index contributed by atoms with van der Waals surface area (Å²) in [5.41, 5.74) is 34.7. The summed E-state index contributed by atoms with van der Waals surface area (Å²) in [5.74, 6) is 3.09. The number of aryl methyl sites for hydroxylation is 1. The van der Waals surface area contributed by atoms with Crippen molar-refractivity contribution >= 4 is 85.3 Å². The Morgan fingerprint density at radius 1 is 0.267 bits per heavy atom. The summed E-state index contributed by atoms with van der Waals surface area (Å²) in [4.78, 5) is 4.88. The molecule has 135 heavy (non-hydrogen) atoms. The number of para-hydroxylation sites is 1. The summed E-state index contributed by atoms with van der Waals surface area (Å²) in [6, 6.07) is 150. The molecule has 638 valence electrons. The van der Waals surface area contributed by atoms with E-state index in [0.717, 1.165) is 219 Å². The van der Waals surface area contributed by atoms with Gasteiger partial charge >= 0.3 is 0 Å². The van der Waals surface area contributed by atoms with Crippen LogP contribution in [0, 0.1) is 11.6 Å². The van der Waals surface area contributed by atoms with Crippen LogP contribution >= 0.6 is 0 Å². The lowest BCUT2D eigenvalue weighted by molar-refractivity contribution is 0.482. The van der Waals surface area contributed by atoms with Gasteiger partial charge in [-0.25, -0.2) is 8.78 Å². The largest absolute Gasteiger partial charge is 0.457 e. The summed E-state index contributed by atoms with van der Waals surface area (Å²) in [5, 5.41) is 3.27. The molecule has 0 N–H and O–H groups in total. The van der Waals surface area contributed by atoms with Crippen LogP contribution < -0.4 is 19.3 Å². The Morgan fingerprint density at radius 2 is 0.585 bits per heavy atom. The van der Waals surface area contributed by atoms with Gasteiger partial charge < -0.3 is 28.1 Å². The van der Waals surface area contributed by atoms with Crippen molar-refractivity contribution in [3.05, 3.63) is 545 Å². The van der Waals surface area contributed by atoms with Crippen molar-refractivity contribution in [1.82, 2.24) is 0 Å². The number of halogens is 2. The zero-order valence-corrected chi connectivity index (χ0v) is 73.3. The summed E-state index contributed by atoms with van der Waals surface area (Å²) >= 11 is 0. The minimum absolute atomic E-state index is 0.316. The maximum Gasteiger partial charge on any atom is 0.135 e. The number of hydrogen-bond acceptors (Lipinski definition) is 6. The highest BCUT2D eigenvalue weighted by Crippen LogP contribution is 2.66. The Hall–Kier alpha value is -17.2. The van der Waals surface area contributed by atoms with Crippen molar-refractivity contribution in [2.45, 2.75) is 29.1 Å². The first-order valence-corrected chi connectivity index (χ1v) is 46.0. The van der Waals surface area contributed by atoms with Gasteiger partial charge in [0, 0.05) is 55.8 Å². The molecule has 0 saturated carbocycles. The normalized spacial score (nSPS) is 15.8. The summed E-state index contributed by atoms with van der Waals surface area (Å²) in [7, 11) is 0. The van der Waals surface area contributed by atoms with E-state index >= 15 is 8.78 Å². The van der Waals surface area contributed by atoms with Gasteiger partial charge in [0.2, 0.25) is 0 Å².